The lowest BCUT2D eigenvalue weighted by Gasteiger charge is -2.46. The number of aliphatic hydroxyl groups excluding tert-OH is 1. The van der Waals surface area contributed by atoms with E-state index in [0.717, 1.165) is 15.9 Å². The molecule has 5 atom stereocenters. The Morgan fingerprint density at radius 3 is 2.00 bits per heavy atom. The largest absolute Gasteiger partial charge is 0.455 e. The molecule has 5 rings (SSSR count). The highest BCUT2D eigenvalue weighted by Crippen LogP contribution is 2.38. The number of rotatable bonds is 11. The number of halogens is 1. The molecule has 1 aliphatic heterocycles. The summed E-state index contributed by atoms with van der Waals surface area (Å²) in [5.41, 5.74) is 10.6. The van der Waals surface area contributed by atoms with Gasteiger partial charge in [-0.1, -0.05) is 128 Å². The number of azide groups is 1. The number of hydrogen-bond donors (Lipinski definition) is 1. The Morgan fingerprint density at radius 2 is 1.47 bits per heavy atom. The summed E-state index contributed by atoms with van der Waals surface area (Å²) in [4.78, 5) is 16.2. The van der Waals surface area contributed by atoms with E-state index in [1.54, 1.807) is 54.6 Å². The van der Waals surface area contributed by atoms with Crippen molar-refractivity contribution in [2.75, 3.05) is 6.61 Å². The van der Waals surface area contributed by atoms with E-state index in [4.69, 9.17) is 30.2 Å². The summed E-state index contributed by atoms with van der Waals surface area (Å²) in [6, 6.07) is 34.5. The van der Waals surface area contributed by atoms with Gasteiger partial charge in [0, 0.05) is 9.93 Å². The number of aliphatic hydroxyl groups is 1. The molecule has 47 heavy (non-hydrogen) atoms. The molecule has 0 bridgehead atoms. The van der Waals surface area contributed by atoms with E-state index in [-0.39, 0.29) is 23.8 Å². The Kier molecular flexibility index (Phi) is 11.2. The van der Waals surface area contributed by atoms with Crippen molar-refractivity contribution >= 4 is 36.3 Å². The van der Waals surface area contributed by atoms with Crippen LogP contribution in [0.15, 0.2) is 120 Å². The molecular formula is C36H38ClN3O6Si. The second-order valence-electron chi connectivity index (χ2n) is 12.4. The number of carbonyl (C=O) groups is 1. The summed E-state index contributed by atoms with van der Waals surface area (Å²) in [7, 11) is -3.03. The molecule has 1 fully saturated rings. The molecular weight excluding hydrogens is 634 g/mol. The van der Waals surface area contributed by atoms with Crippen LogP contribution in [0.1, 0.15) is 36.7 Å². The Labute approximate surface area is 280 Å². The number of carbonyl (C=O) groups excluding carboxylic acids is 1. The third-order valence-corrected chi connectivity index (χ3v) is 13.5. The number of hydrogen-bond acceptors (Lipinski definition) is 7. The Morgan fingerprint density at radius 1 is 0.915 bits per heavy atom. The molecule has 1 N–H and O–H groups in total. The second kappa shape index (κ2) is 15.3. The van der Waals surface area contributed by atoms with Crippen LogP contribution in [0.3, 0.4) is 0 Å². The monoisotopic (exact) mass is 671 g/mol. The van der Waals surface area contributed by atoms with Gasteiger partial charge in [-0.15, -0.1) is 0 Å². The minimum Gasteiger partial charge on any atom is -0.455 e. The van der Waals surface area contributed by atoms with Crippen molar-refractivity contribution in [1.82, 2.24) is 0 Å². The maximum absolute atomic E-state index is 13.3. The number of benzene rings is 4. The fraction of sp³-hybridized carbons (Fsp3) is 0.306. The van der Waals surface area contributed by atoms with E-state index in [2.05, 4.69) is 55.1 Å². The topological polar surface area (TPSA) is 123 Å². The zero-order chi connectivity index (χ0) is 33.4. The molecule has 1 heterocycles. The van der Waals surface area contributed by atoms with Crippen LogP contribution in [0.5, 0.6) is 0 Å². The van der Waals surface area contributed by atoms with Crippen LogP contribution in [0, 0.1) is 0 Å². The number of ether oxygens (including phenoxy) is 3. The molecule has 1 saturated heterocycles. The van der Waals surface area contributed by atoms with Gasteiger partial charge in [-0.05, 0) is 50.8 Å². The summed E-state index contributed by atoms with van der Waals surface area (Å²) in [5.74, 6) is -0.683. The minimum absolute atomic E-state index is 0.0579. The molecule has 244 valence electrons. The lowest BCUT2D eigenvalue weighted by atomic mass is 9.97. The molecule has 0 spiro atoms. The van der Waals surface area contributed by atoms with Crippen LogP contribution in [0.25, 0.3) is 10.4 Å². The van der Waals surface area contributed by atoms with Gasteiger partial charge < -0.3 is 23.7 Å². The second-order valence-corrected chi connectivity index (χ2v) is 17.1. The highest BCUT2D eigenvalue weighted by molar-refractivity contribution is 6.99. The first-order valence-electron chi connectivity index (χ1n) is 15.4. The predicted molar refractivity (Wildman–Crippen MR) is 183 cm³/mol. The molecule has 9 nitrogen and oxygen atoms in total. The van der Waals surface area contributed by atoms with Gasteiger partial charge in [-0.25, -0.2) is 4.79 Å². The first-order chi connectivity index (χ1) is 22.6. The zero-order valence-corrected chi connectivity index (χ0v) is 28.2. The van der Waals surface area contributed by atoms with Gasteiger partial charge in [0.2, 0.25) is 0 Å². The van der Waals surface area contributed by atoms with Crippen LogP contribution < -0.4 is 10.4 Å². The zero-order valence-electron chi connectivity index (χ0n) is 26.5. The van der Waals surface area contributed by atoms with Crippen molar-refractivity contribution in [2.24, 2.45) is 5.11 Å². The summed E-state index contributed by atoms with van der Waals surface area (Å²) < 4.78 is 25.5. The Bertz CT molecular complexity index is 1610. The molecule has 4 aromatic rings. The molecule has 4 aromatic carbocycles. The van der Waals surface area contributed by atoms with Crippen LogP contribution in [-0.2, 0) is 25.2 Å². The molecule has 0 radical (unpaired) electrons. The molecule has 0 aliphatic carbocycles. The van der Waals surface area contributed by atoms with Crippen molar-refractivity contribution in [3.8, 4) is 0 Å². The van der Waals surface area contributed by atoms with E-state index in [1.165, 1.54) is 0 Å². The van der Waals surface area contributed by atoms with Crippen molar-refractivity contribution in [3.05, 3.63) is 142 Å². The van der Waals surface area contributed by atoms with Crippen LogP contribution in [0.2, 0.25) is 10.1 Å². The quantitative estimate of drug-likeness (QED) is 0.0645. The molecule has 0 amide bonds. The minimum atomic E-state index is -3.03. The van der Waals surface area contributed by atoms with E-state index in [0.29, 0.717) is 5.02 Å². The average molecular weight is 672 g/mol. The first kappa shape index (κ1) is 34.3. The number of nitrogens with zero attached hydrogens (tertiary/aromatic N) is 3. The third-order valence-electron chi connectivity index (χ3n) is 8.29. The van der Waals surface area contributed by atoms with Crippen molar-refractivity contribution in [3.63, 3.8) is 0 Å². The van der Waals surface area contributed by atoms with E-state index in [9.17, 15) is 15.4 Å². The van der Waals surface area contributed by atoms with E-state index < -0.39 is 44.9 Å². The molecule has 0 aromatic heterocycles. The maximum atomic E-state index is 13.3. The van der Waals surface area contributed by atoms with Gasteiger partial charge in [0.25, 0.3) is 8.32 Å². The van der Waals surface area contributed by atoms with E-state index in [1.807, 2.05) is 36.4 Å². The van der Waals surface area contributed by atoms with Gasteiger partial charge in [-0.2, -0.15) is 0 Å². The lowest BCUT2D eigenvalue weighted by molar-refractivity contribution is -0.267. The van der Waals surface area contributed by atoms with Gasteiger partial charge in [0.05, 0.1) is 18.8 Å². The fourth-order valence-corrected chi connectivity index (χ4v) is 10.7. The Hall–Kier alpha value is -3.99. The highest BCUT2D eigenvalue weighted by Gasteiger charge is 2.53. The van der Waals surface area contributed by atoms with Gasteiger partial charge in [0.15, 0.2) is 6.29 Å². The van der Waals surface area contributed by atoms with Crippen LogP contribution in [0.4, 0.5) is 0 Å². The highest BCUT2D eigenvalue weighted by atomic mass is 35.5. The summed E-state index contributed by atoms with van der Waals surface area (Å²) >= 11 is 6.06. The molecule has 1 aliphatic rings. The summed E-state index contributed by atoms with van der Waals surface area (Å²) in [6.07, 6.45) is -4.89. The maximum Gasteiger partial charge on any atom is 0.338 e. The van der Waals surface area contributed by atoms with Crippen LogP contribution in [-0.4, -0.2) is 56.6 Å². The number of esters is 1. The molecule has 11 heteroatoms. The average Bonchev–Trinajstić information content (AvgIpc) is 3.08. The molecule has 1 unspecified atom stereocenters. The first-order valence-corrected chi connectivity index (χ1v) is 17.7. The molecule has 0 saturated carbocycles. The predicted octanol–water partition coefficient (Wildman–Crippen LogP) is 6.42. The SMILES string of the molecule is CC(C)(C)[Si](OC[C@H]1OC(OCc2ccc(Cl)cc2)[C@H](N=[N+]=[N-])[C@@H](OC(=O)c2ccccc2)[C@@H]1O)(c1ccccc1)c1ccccc1. The lowest BCUT2D eigenvalue weighted by Crippen LogP contribution is -2.68. The Balaban J connectivity index is 1.50. The van der Waals surface area contributed by atoms with Gasteiger partial charge in [-0.3, -0.25) is 0 Å². The van der Waals surface area contributed by atoms with Gasteiger partial charge in [0.1, 0.15) is 24.4 Å². The summed E-state index contributed by atoms with van der Waals surface area (Å²) in [6.45, 7) is 6.47. The van der Waals surface area contributed by atoms with Gasteiger partial charge >= 0.3 is 5.97 Å². The fourth-order valence-electron chi connectivity index (χ4n) is 5.99. The van der Waals surface area contributed by atoms with Crippen molar-refractivity contribution < 1.29 is 28.5 Å². The normalized spacial score (nSPS) is 21.4. The van der Waals surface area contributed by atoms with Crippen molar-refractivity contribution in [1.29, 1.82) is 0 Å². The van der Waals surface area contributed by atoms with Crippen molar-refractivity contribution in [2.45, 2.75) is 63.1 Å². The van der Waals surface area contributed by atoms with Crippen LogP contribution >= 0.6 is 11.6 Å². The van der Waals surface area contributed by atoms with E-state index >= 15 is 0 Å². The third kappa shape index (κ3) is 7.77. The standard InChI is InChI=1S/C36H38ClN3O6Si/c1-36(2,3)47(28-15-9-5-10-16-28,29-17-11-6-12-18-29)44-24-30-32(41)33(46-34(42)26-13-7-4-8-14-26)31(39-40-38)35(45-30)43-23-25-19-21-27(37)22-20-25/h4-22,30-33,35,41H,23-24H2,1-3H3/t30-,31-,32-,33-,35?/m1/s1. The smallest absolute Gasteiger partial charge is 0.338 e. The summed E-state index contributed by atoms with van der Waals surface area (Å²) in [5, 5.41) is 18.0.